The SMILES string of the molecule is C=C(N/N=C(\Cc1ccncn1)c1cccc(C)c1)C1CCN(C(=O)CC)CC1. The number of amides is 1. The highest BCUT2D eigenvalue weighted by Crippen LogP contribution is 2.22. The first-order chi connectivity index (χ1) is 14.1. The van der Waals surface area contributed by atoms with Crippen molar-refractivity contribution >= 4 is 11.6 Å². The number of carbonyl (C=O) groups excluding carboxylic acids is 1. The molecule has 3 rings (SSSR count). The van der Waals surface area contributed by atoms with Crippen LogP contribution in [0, 0.1) is 12.8 Å². The van der Waals surface area contributed by atoms with E-state index in [1.807, 2.05) is 24.0 Å². The zero-order valence-electron chi connectivity index (χ0n) is 17.3. The van der Waals surface area contributed by atoms with Crippen molar-refractivity contribution in [3.63, 3.8) is 0 Å². The van der Waals surface area contributed by atoms with Gasteiger partial charge >= 0.3 is 0 Å². The molecule has 2 heterocycles. The Hall–Kier alpha value is -3.02. The van der Waals surface area contributed by atoms with Gasteiger partial charge < -0.3 is 4.90 Å². The number of nitrogens with zero attached hydrogens (tertiary/aromatic N) is 4. The molecule has 0 spiro atoms. The molecule has 1 fully saturated rings. The second-order valence-electron chi connectivity index (χ2n) is 7.45. The molecule has 152 valence electrons. The van der Waals surface area contributed by atoms with Gasteiger partial charge in [0.1, 0.15) is 6.33 Å². The largest absolute Gasteiger partial charge is 0.343 e. The van der Waals surface area contributed by atoms with Gasteiger partial charge in [-0.15, -0.1) is 0 Å². The molecule has 1 aromatic carbocycles. The summed E-state index contributed by atoms with van der Waals surface area (Å²) in [5, 5.41) is 4.70. The van der Waals surface area contributed by atoms with Gasteiger partial charge in [-0.2, -0.15) is 5.10 Å². The maximum atomic E-state index is 11.9. The minimum absolute atomic E-state index is 0.228. The molecule has 0 radical (unpaired) electrons. The Labute approximate surface area is 172 Å². The molecular weight excluding hydrogens is 362 g/mol. The average Bonchev–Trinajstić information content (AvgIpc) is 2.76. The predicted molar refractivity (Wildman–Crippen MR) is 115 cm³/mol. The van der Waals surface area contributed by atoms with Gasteiger partial charge in [-0.3, -0.25) is 10.2 Å². The Morgan fingerprint density at radius 3 is 2.76 bits per heavy atom. The molecule has 0 bridgehead atoms. The van der Waals surface area contributed by atoms with Gasteiger partial charge in [0.05, 0.1) is 5.71 Å². The van der Waals surface area contributed by atoms with E-state index in [0.29, 0.717) is 18.8 Å². The second kappa shape index (κ2) is 9.96. The highest BCUT2D eigenvalue weighted by molar-refractivity contribution is 6.01. The highest BCUT2D eigenvalue weighted by Gasteiger charge is 2.23. The van der Waals surface area contributed by atoms with Crippen LogP contribution in [-0.4, -0.2) is 39.6 Å². The minimum atomic E-state index is 0.228. The first kappa shape index (κ1) is 20.7. The number of benzene rings is 1. The van der Waals surface area contributed by atoms with Gasteiger partial charge in [0, 0.05) is 49.4 Å². The van der Waals surface area contributed by atoms with Crippen LogP contribution in [0.25, 0.3) is 0 Å². The third-order valence-electron chi connectivity index (χ3n) is 5.32. The van der Waals surface area contributed by atoms with E-state index in [9.17, 15) is 4.79 Å². The molecule has 0 unspecified atom stereocenters. The third-order valence-corrected chi connectivity index (χ3v) is 5.32. The highest BCUT2D eigenvalue weighted by atomic mass is 16.2. The molecule has 1 aliphatic heterocycles. The van der Waals surface area contributed by atoms with Gasteiger partial charge in [0.15, 0.2) is 0 Å². The summed E-state index contributed by atoms with van der Waals surface area (Å²) in [4.78, 5) is 22.1. The van der Waals surface area contributed by atoms with Crippen LogP contribution in [0.1, 0.15) is 43.0 Å². The number of allylic oxidation sites excluding steroid dienone is 1. The number of hydrogen-bond acceptors (Lipinski definition) is 5. The van der Waals surface area contributed by atoms with E-state index < -0.39 is 0 Å². The summed E-state index contributed by atoms with van der Waals surface area (Å²) in [6.45, 7) is 9.77. The fourth-order valence-corrected chi connectivity index (χ4v) is 3.56. The first-order valence-corrected chi connectivity index (χ1v) is 10.2. The fraction of sp³-hybridized carbons (Fsp3) is 0.391. The van der Waals surface area contributed by atoms with Crippen molar-refractivity contribution in [1.29, 1.82) is 0 Å². The zero-order valence-corrected chi connectivity index (χ0v) is 17.3. The maximum Gasteiger partial charge on any atom is 0.222 e. The van der Waals surface area contributed by atoms with Gasteiger partial charge in [-0.25, -0.2) is 9.97 Å². The van der Waals surface area contributed by atoms with Crippen LogP contribution in [0.5, 0.6) is 0 Å². The summed E-state index contributed by atoms with van der Waals surface area (Å²) in [5.41, 5.74) is 8.17. The Morgan fingerprint density at radius 2 is 2.10 bits per heavy atom. The molecule has 0 atom stereocenters. The Morgan fingerprint density at radius 1 is 1.31 bits per heavy atom. The van der Waals surface area contributed by atoms with Crippen LogP contribution in [0.4, 0.5) is 0 Å². The van der Waals surface area contributed by atoms with E-state index in [-0.39, 0.29) is 5.91 Å². The van der Waals surface area contributed by atoms with E-state index in [4.69, 9.17) is 5.10 Å². The maximum absolute atomic E-state index is 11.9. The number of nitrogens with one attached hydrogen (secondary N) is 1. The van der Waals surface area contributed by atoms with Crippen LogP contribution in [0.15, 0.2) is 60.2 Å². The van der Waals surface area contributed by atoms with Gasteiger partial charge in [0.2, 0.25) is 5.91 Å². The van der Waals surface area contributed by atoms with Crippen molar-refractivity contribution in [2.24, 2.45) is 11.0 Å². The quantitative estimate of drug-likeness (QED) is 0.579. The summed E-state index contributed by atoms with van der Waals surface area (Å²) < 4.78 is 0. The smallest absolute Gasteiger partial charge is 0.222 e. The number of carbonyl (C=O) groups is 1. The Bertz CT molecular complexity index is 870. The van der Waals surface area contributed by atoms with E-state index in [2.05, 4.69) is 47.1 Å². The van der Waals surface area contributed by atoms with Crippen molar-refractivity contribution in [2.45, 2.75) is 39.5 Å². The van der Waals surface area contributed by atoms with Crippen molar-refractivity contribution in [2.75, 3.05) is 13.1 Å². The molecule has 2 aromatic rings. The number of piperidine rings is 1. The molecule has 1 saturated heterocycles. The van der Waals surface area contributed by atoms with E-state index in [1.165, 1.54) is 5.56 Å². The van der Waals surface area contributed by atoms with Gasteiger partial charge in [-0.05, 0) is 31.4 Å². The monoisotopic (exact) mass is 391 g/mol. The lowest BCUT2D eigenvalue weighted by Gasteiger charge is -2.32. The average molecular weight is 392 g/mol. The molecular formula is C23H29N5O. The predicted octanol–water partition coefficient (Wildman–Crippen LogP) is 3.48. The van der Waals surface area contributed by atoms with E-state index in [1.54, 1.807) is 12.5 Å². The number of rotatable bonds is 7. The number of hydrogen-bond donors (Lipinski definition) is 1. The zero-order chi connectivity index (χ0) is 20.6. The van der Waals surface area contributed by atoms with Gasteiger partial charge in [-0.1, -0.05) is 43.3 Å². The molecule has 29 heavy (non-hydrogen) atoms. The molecule has 6 heteroatoms. The molecule has 0 aliphatic carbocycles. The van der Waals surface area contributed by atoms with Crippen molar-refractivity contribution in [1.82, 2.24) is 20.3 Å². The van der Waals surface area contributed by atoms with Crippen molar-refractivity contribution < 1.29 is 4.79 Å². The normalized spacial score (nSPS) is 15.2. The van der Waals surface area contributed by atoms with Crippen LogP contribution in [0.3, 0.4) is 0 Å². The molecule has 1 N–H and O–H groups in total. The standard InChI is InChI=1S/C23H29N5O/c1-4-23(29)28-12-9-19(10-13-28)18(3)26-27-22(15-21-8-11-24-16-25-21)20-7-5-6-17(2)14-20/h5-8,11,14,16,19,26H,3-4,9-10,12-13,15H2,1-2H3/b27-22+. The summed E-state index contributed by atoms with van der Waals surface area (Å²) >= 11 is 0. The van der Waals surface area contributed by atoms with Crippen molar-refractivity contribution in [3.8, 4) is 0 Å². The Kier molecular flexibility index (Phi) is 7.11. The number of aryl methyl sites for hydroxylation is 1. The summed E-state index contributed by atoms with van der Waals surface area (Å²) in [7, 11) is 0. The summed E-state index contributed by atoms with van der Waals surface area (Å²) in [6, 6.07) is 10.2. The number of aromatic nitrogens is 2. The van der Waals surface area contributed by atoms with E-state index >= 15 is 0 Å². The molecule has 1 amide bonds. The van der Waals surface area contributed by atoms with Crippen LogP contribution >= 0.6 is 0 Å². The lowest BCUT2D eigenvalue weighted by Crippen LogP contribution is -2.39. The molecule has 1 aliphatic rings. The minimum Gasteiger partial charge on any atom is -0.343 e. The van der Waals surface area contributed by atoms with Crippen LogP contribution < -0.4 is 5.43 Å². The molecule has 6 nitrogen and oxygen atoms in total. The molecule has 0 saturated carbocycles. The van der Waals surface area contributed by atoms with Crippen LogP contribution in [-0.2, 0) is 11.2 Å². The van der Waals surface area contributed by atoms with Gasteiger partial charge in [0.25, 0.3) is 0 Å². The lowest BCUT2D eigenvalue weighted by atomic mass is 9.94. The lowest BCUT2D eigenvalue weighted by molar-refractivity contribution is -0.132. The van der Waals surface area contributed by atoms with Crippen molar-refractivity contribution in [3.05, 3.63) is 72.0 Å². The second-order valence-corrected chi connectivity index (χ2v) is 7.45. The number of likely N-dealkylation sites (tertiary alicyclic amines) is 1. The number of hydrazone groups is 1. The fourth-order valence-electron chi connectivity index (χ4n) is 3.56. The summed E-state index contributed by atoms with van der Waals surface area (Å²) in [5.74, 6) is 0.545. The third kappa shape index (κ3) is 5.73. The first-order valence-electron chi connectivity index (χ1n) is 10.2. The van der Waals surface area contributed by atoms with E-state index in [0.717, 1.165) is 48.6 Å². The topological polar surface area (TPSA) is 70.5 Å². The Balaban J connectivity index is 1.69. The van der Waals surface area contributed by atoms with Crippen LogP contribution in [0.2, 0.25) is 0 Å². The molecule has 1 aromatic heterocycles. The summed E-state index contributed by atoms with van der Waals surface area (Å²) in [6.07, 6.45) is 6.30.